The zero-order valence-corrected chi connectivity index (χ0v) is 9.42. The topological polar surface area (TPSA) is 87.9 Å². The summed E-state index contributed by atoms with van der Waals surface area (Å²) in [6.45, 7) is 0.410. The molecule has 0 saturated heterocycles. The SMILES string of the molecule is CN(Cc1ncc[nH]1)C(=O)c1ccncc1N. The lowest BCUT2D eigenvalue weighted by Gasteiger charge is -2.16. The molecule has 88 valence electrons. The largest absolute Gasteiger partial charge is 0.397 e. The molecule has 0 spiro atoms. The van der Waals surface area contributed by atoms with Gasteiger partial charge in [0.2, 0.25) is 0 Å². The summed E-state index contributed by atoms with van der Waals surface area (Å²) in [6.07, 6.45) is 6.38. The molecule has 0 aliphatic carbocycles. The molecule has 0 aliphatic rings. The van der Waals surface area contributed by atoms with Gasteiger partial charge in [-0.3, -0.25) is 9.78 Å². The molecular formula is C11H13N5O. The number of amides is 1. The van der Waals surface area contributed by atoms with Crippen LogP contribution in [0, 0.1) is 0 Å². The van der Waals surface area contributed by atoms with Crippen LogP contribution in [0.5, 0.6) is 0 Å². The molecule has 6 heteroatoms. The van der Waals surface area contributed by atoms with Crippen LogP contribution < -0.4 is 5.73 Å². The number of carbonyl (C=O) groups is 1. The van der Waals surface area contributed by atoms with Crippen molar-refractivity contribution in [3.63, 3.8) is 0 Å². The Morgan fingerprint density at radius 1 is 1.53 bits per heavy atom. The Morgan fingerprint density at radius 2 is 2.35 bits per heavy atom. The molecule has 2 aromatic heterocycles. The monoisotopic (exact) mass is 231 g/mol. The molecule has 0 unspecified atom stereocenters. The van der Waals surface area contributed by atoms with Crippen LogP contribution in [0.3, 0.4) is 0 Å². The molecule has 0 atom stereocenters. The molecule has 2 rings (SSSR count). The van der Waals surface area contributed by atoms with Gasteiger partial charge in [-0.25, -0.2) is 4.98 Å². The highest BCUT2D eigenvalue weighted by molar-refractivity contribution is 5.98. The maximum atomic E-state index is 12.1. The highest BCUT2D eigenvalue weighted by Crippen LogP contribution is 2.12. The Hall–Kier alpha value is -2.37. The van der Waals surface area contributed by atoms with E-state index in [9.17, 15) is 4.79 Å². The van der Waals surface area contributed by atoms with Gasteiger partial charge >= 0.3 is 0 Å². The first-order valence-electron chi connectivity index (χ1n) is 5.11. The van der Waals surface area contributed by atoms with Crippen molar-refractivity contribution in [2.24, 2.45) is 0 Å². The van der Waals surface area contributed by atoms with Crippen molar-refractivity contribution in [2.75, 3.05) is 12.8 Å². The number of pyridine rings is 1. The van der Waals surface area contributed by atoms with Crippen LogP contribution in [-0.2, 0) is 6.54 Å². The Balaban J connectivity index is 2.13. The number of hydrogen-bond donors (Lipinski definition) is 2. The number of aromatic nitrogens is 3. The predicted molar refractivity (Wildman–Crippen MR) is 63.0 cm³/mol. The van der Waals surface area contributed by atoms with Gasteiger partial charge in [0.05, 0.1) is 24.0 Å². The third-order valence-electron chi connectivity index (χ3n) is 2.37. The summed E-state index contributed by atoms with van der Waals surface area (Å²) in [6, 6.07) is 1.61. The van der Waals surface area contributed by atoms with Gasteiger partial charge < -0.3 is 15.6 Å². The molecule has 0 fully saturated rings. The fraction of sp³-hybridized carbons (Fsp3) is 0.182. The van der Waals surface area contributed by atoms with E-state index in [1.807, 2.05) is 0 Å². The van der Waals surface area contributed by atoms with Crippen LogP contribution in [0.4, 0.5) is 5.69 Å². The average Bonchev–Trinajstić information content (AvgIpc) is 2.81. The van der Waals surface area contributed by atoms with Gasteiger partial charge in [-0.2, -0.15) is 0 Å². The minimum Gasteiger partial charge on any atom is -0.397 e. The summed E-state index contributed by atoms with van der Waals surface area (Å²) >= 11 is 0. The fourth-order valence-electron chi connectivity index (χ4n) is 1.49. The number of nitrogens with two attached hydrogens (primary N) is 1. The van der Waals surface area contributed by atoms with Crippen LogP contribution in [0.2, 0.25) is 0 Å². The maximum Gasteiger partial charge on any atom is 0.256 e. The molecule has 17 heavy (non-hydrogen) atoms. The van der Waals surface area contributed by atoms with Crippen molar-refractivity contribution < 1.29 is 4.79 Å². The average molecular weight is 231 g/mol. The lowest BCUT2D eigenvalue weighted by atomic mass is 10.2. The third-order valence-corrected chi connectivity index (χ3v) is 2.37. The van der Waals surface area contributed by atoms with Gasteiger partial charge in [0.1, 0.15) is 5.82 Å². The van der Waals surface area contributed by atoms with Crippen molar-refractivity contribution in [3.05, 3.63) is 42.2 Å². The number of hydrogen-bond acceptors (Lipinski definition) is 4. The Labute approximate surface area is 98.5 Å². The summed E-state index contributed by atoms with van der Waals surface area (Å²) in [4.78, 5) is 24.5. The molecule has 6 nitrogen and oxygen atoms in total. The number of aromatic amines is 1. The van der Waals surface area contributed by atoms with Crippen molar-refractivity contribution in [1.29, 1.82) is 0 Å². The number of imidazole rings is 1. The number of rotatable bonds is 3. The Morgan fingerprint density at radius 3 is 3.00 bits per heavy atom. The quantitative estimate of drug-likeness (QED) is 0.812. The Kier molecular flexibility index (Phi) is 3.04. The second-order valence-electron chi connectivity index (χ2n) is 3.66. The van der Waals surface area contributed by atoms with Gasteiger partial charge in [0.25, 0.3) is 5.91 Å². The second kappa shape index (κ2) is 4.65. The molecule has 0 saturated carbocycles. The lowest BCUT2D eigenvalue weighted by Crippen LogP contribution is -2.27. The summed E-state index contributed by atoms with van der Waals surface area (Å²) < 4.78 is 0. The van der Waals surface area contributed by atoms with E-state index in [0.29, 0.717) is 17.8 Å². The molecule has 0 radical (unpaired) electrons. The van der Waals surface area contributed by atoms with Gasteiger partial charge in [-0.05, 0) is 6.07 Å². The van der Waals surface area contributed by atoms with Gasteiger partial charge in [-0.15, -0.1) is 0 Å². The van der Waals surface area contributed by atoms with E-state index >= 15 is 0 Å². The summed E-state index contributed by atoms with van der Waals surface area (Å²) in [7, 11) is 1.70. The minimum absolute atomic E-state index is 0.152. The molecule has 2 aromatic rings. The fourth-order valence-corrected chi connectivity index (χ4v) is 1.49. The van der Waals surface area contributed by atoms with Gasteiger partial charge in [-0.1, -0.05) is 0 Å². The molecule has 3 N–H and O–H groups in total. The van der Waals surface area contributed by atoms with Crippen LogP contribution in [0.1, 0.15) is 16.2 Å². The van der Waals surface area contributed by atoms with E-state index in [2.05, 4.69) is 15.0 Å². The number of carbonyl (C=O) groups excluding carboxylic acids is 1. The summed E-state index contributed by atoms with van der Waals surface area (Å²) in [5.41, 5.74) is 6.53. The summed E-state index contributed by atoms with van der Waals surface area (Å²) in [5, 5.41) is 0. The molecule has 0 aromatic carbocycles. The van der Waals surface area contributed by atoms with Gasteiger partial charge in [0, 0.05) is 25.6 Å². The molecule has 0 aliphatic heterocycles. The first kappa shape index (κ1) is 11.1. The first-order valence-corrected chi connectivity index (χ1v) is 5.11. The zero-order valence-electron chi connectivity index (χ0n) is 9.42. The Bertz CT molecular complexity index is 508. The number of nitrogens with zero attached hydrogens (tertiary/aromatic N) is 3. The molecular weight excluding hydrogens is 218 g/mol. The van der Waals surface area contributed by atoms with E-state index in [1.54, 1.807) is 36.6 Å². The van der Waals surface area contributed by atoms with E-state index in [0.717, 1.165) is 5.82 Å². The minimum atomic E-state index is -0.152. The lowest BCUT2D eigenvalue weighted by molar-refractivity contribution is 0.0783. The highest BCUT2D eigenvalue weighted by Gasteiger charge is 2.15. The van der Waals surface area contributed by atoms with E-state index in [-0.39, 0.29) is 5.91 Å². The second-order valence-corrected chi connectivity index (χ2v) is 3.66. The zero-order chi connectivity index (χ0) is 12.3. The van der Waals surface area contributed by atoms with Crippen LogP contribution in [-0.4, -0.2) is 32.8 Å². The van der Waals surface area contributed by atoms with E-state index in [1.165, 1.54) is 6.20 Å². The number of H-pyrrole nitrogens is 1. The maximum absolute atomic E-state index is 12.1. The van der Waals surface area contributed by atoms with E-state index < -0.39 is 0 Å². The number of anilines is 1. The van der Waals surface area contributed by atoms with Crippen molar-refractivity contribution in [2.45, 2.75) is 6.54 Å². The number of nitrogen functional groups attached to an aromatic ring is 1. The third kappa shape index (κ3) is 2.41. The smallest absolute Gasteiger partial charge is 0.256 e. The van der Waals surface area contributed by atoms with Crippen LogP contribution in [0.25, 0.3) is 0 Å². The van der Waals surface area contributed by atoms with Crippen molar-refractivity contribution >= 4 is 11.6 Å². The first-order chi connectivity index (χ1) is 8.18. The molecule has 1 amide bonds. The van der Waals surface area contributed by atoms with Crippen LogP contribution >= 0.6 is 0 Å². The van der Waals surface area contributed by atoms with Crippen molar-refractivity contribution in [1.82, 2.24) is 19.9 Å². The number of nitrogens with one attached hydrogen (secondary N) is 1. The van der Waals surface area contributed by atoms with Gasteiger partial charge in [0.15, 0.2) is 0 Å². The normalized spacial score (nSPS) is 10.2. The van der Waals surface area contributed by atoms with Crippen molar-refractivity contribution in [3.8, 4) is 0 Å². The standard InChI is InChI=1S/C11H13N5O/c1-16(7-10-14-4-5-15-10)11(17)8-2-3-13-6-9(8)12/h2-6H,7,12H2,1H3,(H,14,15). The molecule has 0 bridgehead atoms. The predicted octanol–water partition coefficient (Wildman–Crippen LogP) is 0.659. The highest BCUT2D eigenvalue weighted by atomic mass is 16.2. The van der Waals surface area contributed by atoms with E-state index in [4.69, 9.17) is 5.73 Å². The van der Waals surface area contributed by atoms with Crippen LogP contribution in [0.15, 0.2) is 30.9 Å². The molecule has 2 heterocycles. The summed E-state index contributed by atoms with van der Waals surface area (Å²) in [5.74, 6) is 0.578.